The van der Waals surface area contributed by atoms with Gasteiger partial charge in [-0.15, -0.1) is 12.4 Å². The number of ether oxygens (including phenoxy) is 3. The zero-order valence-corrected chi connectivity index (χ0v) is 19.2. The van der Waals surface area contributed by atoms with Gasteiger partial charge in [-0.25, -0.2) is 0 Å². The van der Waals surface area contributed by atoms with Crippen molar-refractivity contribution >= 4 is 12.4 Å². The summed E-state index contributed by atoms with van der Waals surface area (Å²) in [4.78, 5) is 2.14. The van der Waals surface area contributed by atoms with E-state index in [0.717, 1.165) is 42.0 Å². The van der Waals surface area contributed by atoms with E-state index in [1.807, 2.05) is 56.6 Å². The van der Waals surface area contributed by atoms with E-state index >= 15 is 0 Å². The van der Waals surface area contributed by atoms with Crippen LogP contribution in [0.2, 0.25) is 0 Å². The van der Waals surface area contributed by atoms with Crippen molar-refractivity contribution in [3.63, 3.8) is 0 Å². The Hall–Kier alpha value is -1.79. The fourth-order valence-corrected chi connectivity index (χ4v) is 4.28. The van der Waals surface area contributed by atoms with E-state index in [4.69, 9.17) is 14.2 Å². The molecule has 30 heavy (non-hydrogen) atoms. The Labute approximate surface area is 186 Å². The van der Waals surface area contributed by atoms with Gasteiger partial charge < -0.3 is 24.2 Å². The van der Waals surface area contributed by atoms with Crippen LogP contribution in [0.15, 0.2) is 48.5 Å². The molecule has 5 nitrogen and oxygen atoms in total. The number of aliphatic hydroxyl groups is 1. The van der Waals surface area contributed by atoms with Crippen LogP contribution in [0.25, 0.3) is 0 Å². The van der Waals surface area contributed by atoms with Crippen LogP contribution in [0.3, 0.4) is 0 Å². The Morgan fingerprint density at radius 1 is 1.03 bits per heavy atom. The lowest BCUT2D eigenvalue weighted by molar-refractivity contribution is -0.110. The topological polar surface area (TPSA) is 51.2 Å². The van der Waals surface area contributed by atoms with Gasteiger partial charge in [-0.3, -0.25) is 0 Å². The second kappa shape index (κ2) is 11.0. The monoisotopic (exact) mass is 435 g/mol. The van der Waals surface area contributed by atoms with Crippen LogP contribution in [0, 0.1) is 5.92 Å². The quantitative estimate of drug-likeness (QED) is 0.671. The SMILES string of the molecule is COc1cccc(COC2CCC(O)(c3cccc(OC)c3)C(CN(C)C)C2)c1.Cl. The van der Waals surface area contributed by atoms with Crippen LogP contribution in [-0.4, -0.2) is 51.0 Å². The van der Waals surface area contributed by atoms with Crippen molar-refractivity contribution in [1.82, 2.24) is 4.90 Å². The number of rotatable bonds is 8. The number of methoxy groups -OCH3 is 2. The third kappa shape index (κ3) is 5.88. The van der Waals surface area contributed by atoms with Crippen LogP contribution in [0.5, 0.6) is 11.5 Å². The number of hydrogen-bond acceptors (Lipinski definition) is 5. The number of benzene rings is 2. The fourth-order valence-electron chi connectivity index (χ4n) is 4.28. The smallest absolute Gasteiger partial charge is 0.119 e. The number of nitrogens with zero attached hydrogens (tertiary/aromatic N) is 1. The molecule has 0 bridgehead atoms. The van der Waals surface area contributed by atoms with E-state index in [0.29, 0.717) is 13.0 Å². The van der Waals surface area contributed by atoms with Gasteiger partial charge >= 0.3 is 0 Å². The Kier molecular flexibility index (Phi) is 8.98. The molecular weight excluding hydrogens is 402 g/mol. The lowest BCUT2D eigenvalue weighted by Crippen LogP contribution is -2.46. The molecule has 1 N–H and O–H groups in total. The van der Waals surface area contributed by atoms with Gasteiger partial charge in [0.1, 0.15) is 11.5 Å². The molecule has 3 atom stereocenters. The highest BCUT2D eigenvalue weighted by Crippen LogP contribution is 2.43. The largest absolute Gasteiger partial charge is 0.497 e. The van der Waals surface area contributed by atoms with Crippen LogP contribution >= 0.6 is 12.4 Å². The second-order valence-electron chi connectivity index (χ2n) is 8.17. The van der Waals surface area contributed by atoms with Crippen molar-refractivity contribution in [2.45, 2.75) is 37.6 Å². The number of halogens is 1. The van der Waals surface area contributed by atoms with Gasteiger partial charge in [-0.2, -0.15) is 0 Å². The zero-order chi connectivity index (χ0) is 20.9. The molecule has 2 aromatic rings. The lowest BCUT2D eigenvalue weighted by atomic mass is 9.70. The Morgan fingerprint density at radius 2 is 1.70 bits per heavy atom. The van der Waals surface area contributed by atoms with E-state index in [2.05, 4.69) is 11.0 Å². The van der Waals surface area contributed by atoms with Gasteiger partial charge in [-0.1, -0.05) is 24.3 Å². The molecule has 0 radical (unpaired) electrons. The van der Waals surface area contributed by atoms with E-state index in [1.165, 1.54) is 0 Å². The summed E-state index contributed by atoms with van der Waals surface area (Å²) in [7, 11) is 7.43. The molecule has 0 aliphatic heterocycles. The highest BCUT2D eigenvalue weighted by molar-refractivity contribution is 5.85. The van der Waals surface area contributed by atoms with Gasteiger partial charge in [0, 0.05) is 12.5 Å². The van der Waals surface area contributed by atoms with Crippen LogP contribution in [0.1, 0.15) is 30.4 Å². The molecule has 0 heterocycles. The summed E-state index contributed by atoms with van der Waals surface area (Å²) in [5, 5.41) is 11.7. The Balaban J connectivity index is 0.00000320. The second-order valence-corrected chi connectivity index (χ2v) is 8.17. The standard InChI is InChI=1S/C24H33NO4.ClH/c1-25(2)16-20-15-23(29-17-18-7-5-9-21(13-18)27-3)11-12-24(20,26)19-8-6-10-22(14-19)28-4;/h5-10,13-14,20,23,26H,11-12,15-17H2,1-4H3;1H. The first-order valence-corrected chi connectivity index (χ1v) is 10.2. The van der Waals surface area contributed by atoms with Crippen LogP contribution in [0.4, 0.5) is 0 Å². The van der Waals surface area contributed by atoms with Crippen molar-refractivity contribution in [1.29, 1.82) is 0 Å². The molecule has 1 fully saturated rings. The van der Waals surface area contributed by atoms with E-state index in [1.54, 1.807) is 14.2 Å². The molecule has 0 spiro atoms. The van der Waals surface area contributed by atoms with Crippen molar-refractivity contribution in [3.8, 4) is 11.5 Å². The molecule has 1 aliphatic carbocycles. The third-order valence-electron chi connectivity index (χ3n) is 5.85. The minimum absolute atomic E-state index is 0. The molecule has 6 heteroatoms. The normalized spacial score (nSPS) is 23.7. The molecule has 3 unspecified atom stereocenters. The molecule has 166 valence electrons. The fraction of sp³-hybridized carbons (Fsp3) is 0.500. The van der Waals surface area contributed by atoms with Gasteiger partial charge in [-0.05, 0) is 68.8 Å². The molecular formula is C24H34ClNO4. The van der Waals surface area contributed by atoms with Crippen molar-refractivity contribution in [3.05, 3.63) is 59.7 Å². The maximum Gasteiger partial charge on any atom is 0.119 e. The molecule has 0 saturated heterocycles. The number of hydrogen-bond donors (Lipinski definition) is 1. The average molecular weight is 436 g/mol. The summed E-state index contributed by atoms with van der Waals surface area (Å²) in [6.45, 7) is 1.35. The molecule has 0 amide bonds. The highest BCUT2D eigenvalue weighted by Gasteiger charge is 2.44. The maximum atomic E-state index is 11.7. The summed E-state index contributed by atoms with van der Waals surface area (Å²) in [6.07, 6.45) is 2.43. The first kappa shape index (κ1) is 24.5. The molecule has 0 aromatic heterocycles. The Morgan fingerprint density at radius 3 is 2.37 bits per heavy atom. The molecule has 3 rings (SSSR count). The zero-order valence-electron chi connectivity index (χ0n) is 18.3. The first-order valence-electron chi connectivity index (χ1n) is 10.2. The van der Waals surface area contributed by atoms with E-state index in [-0.39, 0.29) is 24.4 Å². The lowest BCUT2D eigenvalue weighted by Gasteiger charge is -2.44. The summed E-state index contributed by atoms with van der Waals surface area (Å²) in [5.41, 5.74) is 1.14. The maximum absolute atomic E-state index is 11.7. The van der Waals surface area contributed by atoms with E-state index in [9.17, 15) is 5.11 Å². The summed E-state index contributed by atoms with van der Waals surface area (Å²) >= 11 is 0. The van der Waals surface area contributed by atoms with Gasteiger partial charge in [0.2, 0.25) is 0 Å². The molecule has 2 aromatic carbocycles. The van der Waals surface area contributed by atoms with Crippen molar-refractivity contribution in [2.24, 2.45) is 5.92 Å². The molecule has 1 aliphatic rings. The predicted molar refractivity (Wildman–Crippen MR) is 122 cm³/mol. The average Bonchev–Trinajstić information content (AvgIpc) is 2.74. The van der Waals surface area contributed by atoms with E-state index < -0.39 is 5.60 Å². The summed E-state index contributed by atoms with van der Waals surface area (Å²) in [6, 6.07) is 15.8. The summed E-state index contributed by atoms with van der Waals surface area (Å²) in [5.74, 6) is 1.69. The summed E-state index contributed by atoms with van der Waals surface area (Å²) < 4.78 is 16.9. The highest BCUT2D eigenvalue weighted by atomic mass is 35.5. The van der Waals surface area contributed by atoms with Crippen molar-refractivity contribution in [2.75, 3.05) is 34.9 Å². The van der Waals surface area contributed by atoms with Crippen LogP contribution < -0.4 is 9.47 Å². The molecule has 1 saturated carbocycles. The Bertz CT molecular complexity index is 800. The van der Waals surface area contributed by atoms with Crippen molar-refractivity contribution < 1.29 is 19.3 Å². The first-order chi connectivity index (χ1) is 13.9. The van der Waals surface area contributed by atoms with Crippen LogP contribution in [-0.2, 0) is 16.9 Å². The van der Waals surface area contributed by atoms with Gasteiger partial charge in [0.05, 0.1) is 32.5 Å². The van der Waals surface area contributed by atoms with Gasteiger partial charge in [0.15, 0.2) is 0 Å². The minimum Gasteiger partial charge on any atom is -0.497 e. The van der Waals surface area contributed by atoms with Gasteiger partial charge in [0.25, 0.3) is 0 Å². The minimum atomic E-state index is -0.880. The predicted octanol–water partition coefficient (Wildman–Crippen LogP) is 4.26. The third-order valence-corrected chi connectivity index (χ3v) is 5.85.